The summed E-state index contributed by atoms with van der Waals surface area (Å²) in [6.45, 7) is 0. The van der Waals surface area contributed by atoms with Gasteiger partial charge in [0.1, 0.15) is 5.82 Å². The van der Waals surface area contributed by atoms with Crippen LogP contribution in [0.2, 0.25) is 0 Å². The van der Waals surface area contributed by atoms with Gasteiger partial charge in [0, 0.05) is 4.47 Å². The standard InChI is InChI=1S/C14H13Br2FN2/c15-11-6-2-1-5-10(11)13(19-18)8-9-4-3-7-12(17)14(9)16/h1-7,13,19H,8,18H2. The van der Waals surface area contributed by atoms with E-state index in [0.29, 0.717) is 10.9 Å². The molecule has 0 radical (unpaired) electrons. The van der Waals surface area contributed by atoms with Crippen LogP contribution in [0, 0.1) is 5.82 Å². The van der Waals surface area contributed by atoms with Crippen molar-refractivity contribution in [2.45, 2.75) is 12.5 Å². The lowest BCUT2D eigenvalue weighted by Gasteiger charge is -2.18. The second kappa shape index (κ2) is 6.61. The summed E-state index contributed by atoms with van der Waals surface area (Å²) in [5.74, 6) is 5.37. The fraction of sp³-hybridized carbons (Fsp3) is 0.143. The van der Waals surface area contributed by atoms with Crippen LogP contribution in [-0.2, 0) is 6.42 Å². The van der Waals surface area contributed by atoms with Crippen LogP contribution in [0.1, 0.15) is 17.2 Å². The molecular weight excluding hydrogens is 375 g/mol. The predicted octanol–water partition coefficient (Wildman–Crippen LogP) is 4.10. The molecule has 0 saturated heterocycles. The van der Waals surface area contributed by atoms with Crippen LogP contribution in [0.3, 0.4) is 0 Å². The zero-order chi connectivity index (χ0) is 13.8. The average Bonchev–Trinajstić information content (AvgIpc) is 2.41. The maximum absolute atomic E-state index is 13.5. The van der Waals surface area contributed by atoms with Crippen LogP contribution < -0.4 is 11.3 Å². The Labute approximate surface area is 128 Å². The molecule has 0 amide bonds. The first-order chi connectivity index (χ1) is 9.13. The molecule has 5 heteroatoms. The maximum atomic E-state index is 13.5. The van der Waals surface area contributed by atoms with E-state index >= 15 is 0 Å². The molecule has 2 aromatic rings. The zero-order valence-corrected chi connectivity index (χ0v) is 13.2. The molecule has 1 unspecified atom stereocenters. The lowest BCUT2D eigenvalue weighted by Crippen LogP contribution is -2.30. The summed E-state index contributed by atoms with van der Waals surface area (Å²) < 4.78 is 15.0. The number of rotatable bonds is 4. The summed E-state index contributed by atoms with van der Waals surface area (Å²) in [5.41, 5.74) is 4.70. The van der Waals surface area contributed by atoms with Gasteiger partial charge < -0.3 is 0 Å². The first-order valence-corrected chi connectivity index (χ1v) is 7.35. The summed E-state index contributed by atoms with van der Waals surface area (Å²) in [7, 11) is 0. The second-order valence-corrected chi connectivity index (χ2v) is 5.81. The van der Waals surface area contributed by atoms with Gasteiger partial charge in [-0.05, 0) is 45.6 Å². The Hall–Kier alpha value is -0.750. The molecule has 0 bridgehead atoms. The van der Waals surface area contributed by atoms with E-state index < -0.39 is 0 Å². The number of benzene rings is 2. The average molecular weight is 388 g/mol. The lowest BCUT2D eigenvalue weighted by molar-refractivity contribution is 0.544. The Morgan fingerprint density at radius 3 is 2.53 bits per heavy atom. The van der Waals surface area contributed by atoms with Crippen LogP contribution >= 0.6 is 31.9 Å². The minimum absolute atomic E-state index is 0.0892. The van der Waals surface area contributed by atoms with Crippen molar-refractivity contribution in [1.29, 1.82) is 0 Å². The Bertz CT molecular complexity index is 575. The Balaban J connectivity index is 2.30. The molecule has 0 heterocycles. The first-order valence-electron chi connectivity index (χ1n) is 5.77. The van der Waals surface area contributed by atoms with Crippen molar-refractivity contribution >= 4 is 31.9 Å². The zero-order valence-electron chi connectivity index (χ0n) is 10.0. The Morgan fingerprint density at radius 1 is 1.11 bits per heavy atom. The topological polar surface area (TPSA) is 38.0 Å². The van der Waals surface area contributed by atoms with E-state index in [1.54, 1.807) is 6.07 Å². The number of hydrogen-bond acceptors (Lipinski definition) is 2. The predicted molar refractivity (Wildman–Crippen MR) is 82.0 cm³/mol. The van der Waals surface area contributed by atoms with Crippen molar-refractivity contribution in [2.75, 3.05) is 0 Å². The number of nitrogens with two attached hydrogens (primary N) is 1. The van der Waals surface area contributed by atoms with E-state index in [-0.39, 0.29) is 11.9 Å². The van der Waals surface area contributed by atoms with Gasteiger partial charge in [-0.2, -0.15) is 0 Å². The second-order valence-electron chi connectivity index (χ2n) is 4.16. The quantitative estimate of drug-likeness (QED) is 0.612. The number of nitrogens with one attached hydrogen (secondary N) is 1. The molecule has 0 saturated carbocycles. The highest BCUT2D eigenvalue weighted by Crippen LogP contribution is 2.29. The van der Waals surface area contributed by atoms with Gasteiger partial charge in [0.2, 0.25) is 0 Å². The highest BCUT2D eigenvalue weighted by molar-refractivity contribution is 9.10. The van der Waals surface area contributed by atoms with E-state index in [1.165, 1.54) is 6.07 Å². The summed E-state index contributed by atoms with van der Waals surface area (Å²) >= 11 is 6.78. The molecule has 0 fully saturated rings. The van der Waals surface area contributed by atoms with E-state index in [2.05, 4.69) is 37.3 Å². The van der Waals surface area contributed by atoms with Gasteiger partial charge in [0.05, 0.1) is 10.5 Å². The van der Waals surface area contributed by atoms with Crippen molar-refractivity contribution in [2.24, 2.45) is 5.84 Å². The summed E-state index contributed by atoms with van der Waals surface area (Å²) in [6.07, 6.45) is 0.595. The van der Waals surface area contributed by atoms with Crippen molar-refractivity contribution in [3.8, 4) is 0 Å². The lowest BCUT2D eigenvalue weighted by atomic mass is 9.99. The third-order valence-corrected chi connectivity index (χ3v) is 4.55. The smallest absolute Gasteiger partial charge is 0.137 e. The Kier molecular flexibility index (Phi) is 5.10. The highest BCUT2D eigenvalue weighted by Gasteiger charge is 2.15. The minimum atomic E-state index is -0.264. The highest BCUT2D eigenvalue weighted by atomic mass is 79.9. The minimum Gasteiger partial charge on any atom is -0.271 e. The monoisotopic (exact) mass is 386 g/mol. The van der Waals surface area contributed by atoms with Crippen LogP contribution in [0.15, 0.2) is 51.4 Å². The van der Waals surface area contributed by atoms with Crippen LogP contribution in [0.25, 0.3) is 0 Å². The van der Waals surface area contributed by atoms with Gasteiger partial charge in [-0.1, -0.05) is 46.3 Å². The third kappa shape index (κ3) is 3.42. The molecule has 1 atom stereocenters. The van der Waals surface area contributed by atoms with E-state index in [1.807, 2.05) is 30.3 Å². The van der Waals surface area contributed by atoms with Crippen LogP contribution in [-0.4, -0.2) is 0 Å². The molecule has 0 aliphatic heterocycles. The molecule has 2 rings (SSSR count). The van der Waals surface area contributed by atoms with Gasteiger partial charge in [0.25, 0.3) is 0 Å². The molecule has 100 valence electrons. The summed E-state index contributed by atoms with van der Waals surface area (Å²) in [5, 5.41) is 0. The first kappa shape index (κ1) is 14.7. The normalized spacial score (nSPS) is 12.4. The Morgan fingerprint density at radius 2 is 1.84 bits per heavy atom. The van der Waals surface area contributed by atoms with Gasteiger partial charge in [0.15, 0.2) is 0 Å². The van der Waals surface area contributed by atoms with Crippen molar-refractivity contribution < 1.29 is 4.39 Å². The largest absolute Gasteiger partial charge is 0.271 e. The van der Waals surface area contributed by atoms with Crippen molar-refractivity contribution in [3.05, 3.63) is 68.4 Å². The molecule has 0 aliphatic rings. The molecule has 3 N–H and O–H groups in total. The van der Waals surface area contributed by atoms with Gasteiger partial charge in [-0.25, -0.2) is 4.39 Å². The molecule has 0 aromatic heterocycles. The SMILES string of the molecule is NNC(Cc1cccc(F)c1Br)c1ccccc1Br. The fourth-order valence-electron chi connectivity index (χ4n) is 1.94. The molecule has 0 aliphatic carbocycles. The van der Waals surface area contributed by atoms with Gasteiger partial charge in [-0.15, -0.1) is 0 Å². The number of halogens is 3. The van der Waals surface area contributed by atoms with Crippen molar-refractivity contribution in [1.82, 2.24) is 5.43 Å². The van der Waals surface area contributed by atoms with Crippen LogP contribution in [0.5, 0.6) is 0 Å². The molecule has 2 nitrogen and oxygen atoms in total. The van der Waals surface area contributed by atoms with Crippen molar-refractivity contribution in [3.63, 3.8) is 0 Å². The third-order valence-electron chi connectivity index (χ3n) is 2.94. The van der Waals surface area contributed by atoms with Gasteiger partial charge >= 0.3 is 0 Å². The maximum Gasteiger partial charge on any atom is 0.137 e. The number of hydrazine groups is 1. The number of hydrogen-bond donors (Lipinski definition) is 2. The molecule has 2 aromatic carbocycles. The van der Waals surface area contributed by atoms with Crippen LogP contribution in [0.4, 0.5) is 4.39 Å². The summed E-state index contributed by atoms with van der Waals surface area (Å²) in [6, 6.07) is 12.8. The summed E-state index contributed by atoms with van der Waals surface area (Å²) in [4.78, 5) is 0. The van der Waals surface area contributed by atoms with E-state index in [4.69, 9.17) is 5.84 Å². The van der Waals surface area contributed by atoms with E-state index in [0.717, 1.165) is 15.6 Å². The van der Waals surface area contributed by atoms with E-state index in [9.17, 15) is 4.39 Å². The van der Waals surface area contributed by atoms with Gasteiger partial charge in [-0.3, -0.25) is 11.3 Å². The molecule has 0 spiro atoms. The molecular formula is C14H13Br2FN2. The fourth-order valence-corrected chi connectivity index (χ4v) is 2.93. The molecule has 19 heavy (non-hydrogen) atoms.